The smallest absolute Gasteiger partial charge is 0.224 e. The number of carbonyl (C=O) groups excluding carboxylic acids is 1. The van der Waals surface area contributed by atoms with E-state index in [4.69, 9.17) is 23.2 Å². The summed E-state index contributed by atoms with van der Waals surface area (Å²) in [7, 11) is 2.15. The number of carbonyl (C=O) groups is 1. The molecule has 140 valence electrons. The molecule has 1 aromatic carbocycles. The highest BCUT2D eigenvalue weighted by atomic mass is 35.5. The quantitative estimate of drug-likeness (QED) is 0.786. The van der Waals surface area contributed by atoms with Gasteiger partial charge in [-0.15, -0.1) is 11.3 Å². The van der Waals surface area contributed by atoms with Crippen LogP contribution in [0, 0.1) is 0 Å². The number of nitrogens with one attached hydrogen (secondary N) is 1. The highest BCUT2D eigenvalue weighted by Gasteiger charge is 2.25. The maximum atomic E-state index is 12.5. The second kappa shape index (κ2) is 9.20. The van der Waals surface area contributed by atoms with Crippen LogP contribution in [0.4, 0.5) is 0 Å². The van der Waals surface area contributed by atoms with Crippen molar-refractivity contribution in [2.75, 3.05) is 39.8 Å². The molecule has 0 radical (unpaired) electrons. The van der Waals surface area contributed by atoms with E-state index in [9.17, 15) is 4.79 Å². The molecule has 0 bridgehead atoms. The van der Waals surface area contributed by atoms with Crippen molar-refractivity contribution in [2.45, 2.75) is 12.5 Å². The Balaban J connectivity index is 1.63. The molecule has 1 fully saturated rings. The fourth-order valence-corrected chi connectivity index (χ4v) is 4.55. The zero-order chi connectivity index (χ0) is 18.5. The van der Waals surface area contributed by atoms with E-state index in [1.165, 1.54) is 4.88 Å². The van der Waals surface area contributed by atoms with Gasteiger partial charge in [-0.2, -0.15) is 0 Å². The Morgan fingerprint density at radius 1 is 1.15 bits per heavy atom. The molecule has 1 N–H and O–H groups in total. The lowest BCUT2D eigenvalue weighted by Gasteiger charge is -2.37. The van der Waals surface area contributed by atoms with E-state index in [1.54, 1.807) is 29.5 Å². The average Bonchev–Trinajstić information content (AvgIpc) is 3.14. The van der Waals surface area contributed by atoms with Crippen molar-refractivity contribution in [3.8, 4) is 0 Å². The highest BCUT2D eigenvalue weighted by Crippen LogP contribution is 2.27. The summed E-state index contributed by atoms with van der Waals surface area (Å²) in [5.74, 6) is -0.0596. The first kappa shape index (κ1) is 19.6. The number of hydrogen-bond donors (Lipinski definition) is 1. The lowest BCUT2D eigenvalue weighted by Crippen LogP contribution is -2.48. The van der Waals surface area contributed by atoms with Crippen LogP contribution in [0.5, 0.6) is 0 Å². The van der Waals surface area contributed by atoms with Gasteiger partial charge < -0.3 is 10.2 Å². The molecule has 4 nitrogen and oxygen atoms in total. The Morgan fingerprint density at radius 3 is 2.46 bits per heavy atom. The van der Waals surface area contributed by atoms with Gasteiger partial charge in [-0.25, -0.2) is 0 Å². The maximum absolute atomic E-state index is 12.5. The van der Waals surface area contributed by atoms with E-state index < -0.39 is 0 Å². The van der Waals surface area contributed by atoms with Crippen LogP contribution >= 0.6 is 34.5 Å². The molecule has 1 aliphatic heterocycles. The van der Waals surface area contributed by atoms with Crippen LogP contribution < -0.4 is 5.32 Å². The third-order valence-corrected chi connectivity index (χ3v) is 6.42. The fourth-order valence-electron chi connectivity index (χ4n) is 3.16. The molecule has 0 unspecified atom stereocenters. The Morgan fingerprint density at radius 2 is 1.85 bits per heavy atom. The van der Waals surface area contributed by atoms with Crippen LogP contribution in [0.15, 0.2) is 35.7 Å². The summed E-state index contributed by atoms with van der Waals surface area (Å²) in [4.78, 5) is 18.5. The second-order valence-electron chi connectivity index (χ2n) is 6.55. The molecule has 3 rings (SSSR count). The number of hydrogen-bond acceptors (Lipinski definition) is 4. The topological polar surface area (TPSA) is 35.6 Å². The van der Waals surface area contributed by atoms with Gasteiger partial charge in [0.25, 0.3) is 0 Å². The minimum absolute atomic E-state index is 0.0596. The lowest BCUT2D eigenvalue weighted by molar-refractivity contribution is -0.120. The van der Waals surface area contributed by atoms with Crippen molar-refractivity contribution < 1.29 is 4.79 Å². The van der Waals surface area contributed by atoms with Gasteiger partial charge in [0.05, 0.1) is 12.5 Å². The molecule has 26 heavy (non-hydrogen) atoms. The number of nitrogens with zero attached hydrogens (tertiary/aromatic N) is 2. The van der Waals surface area contributed by atoms with E-state index in [0.29, 0.717) is 22.2 Å². The third kappa shape index (κ3) is 4.99. The Hall–Kier alpha value is -1.11. The first-order valence-corrected chi connectivity index (χ1v) is 10.3. The van der Waals surface area contributed by atoms with Gasteiger partial charge in [0.2, 0.25) is 5.91 Å². The van der Waals surface area contributed by atoms with Crippen molar-refractivity contribution in [2.24, 2.45) is 0 Å². The van der Waals surface area contributed by atoms with Crippen LogP contribution in [-0.4, -0.2) is 55.5 Å². The molecule has 1 atom stereocenters. The van der Waals surface area contributed by atoms with Crippen LogP contribution in [0.3, 0.4) is 0 Å². The molecule has 0 aliphatic carbocycles. The fraction of sp³-hybridized carbons (Fsp3) is 0.421. The van der Waals surface area contributed by atoms with Gasteiger partial charge in [0.15, 0.2) is 0 Å². The standard InChI is InChI=1S/C19H23Cl2N3OS/c1-23-7-9-24(10-8-23)17(18-6-3-11-26-18)13-22-19(25)12-14-15(20)4-2-5-16(14)21/h2-6,11,17H,7-10,12-13H2,1H3,(H,22,25)/t17-/m1/s1. The van der Waals surface area contributed by atoms with Crippen LogP contribution in [-0.2, 0) is 11.2 Å². The molecule has 1 saturated heterocycles. The van der Waals surface area contributed by atoms with Gasteiger partial charge >= 0.3 is 0 Å². The van der Waals surface area contributed by atoms with E-state index in [1.807, 2.05) is 0 Å². The molecule has 2 heterocycles. The second-order valence-corrected chi connectivity index (χ2v) is 8.35. The van der Waals surface area contributed by atoms with Gasteiger partial charge in [-0.1, -0.05) is 35.3 Å². The molecule has 0 spiro atoms. The Kier molecular flexibility index (Phi) is 6.95. The summed E-state index contributed by atoms with van der Waals surface area (Å²) in [6, 6.07) is 9.71. The molecular formula is C19H23Cl2N3OS. The molecule has 1 amide bonds. The molecule has 1 aliphatic rings. The first-order valence-electron chi connectivity index (χ1n) is 8.70. The first-order chi connectivity index (χ1) is 12.5. The van der Waals surface area contributed by atoms with Crippen molar-refractivity contribution in [1.82, 2.24) is 15.1 Å². The minimum atomic E-state index is -0.0596. The monoisotopic (exact) mass is 411 g/mol. The van der Waals surface area contributed by atoms with Crippen LogP contribution in [0.2, 0.25) is 10.0 Å². The number of rotatable bonds is 6. The summed E-state index contributed by atoms with van der Waals surface area (Å²) in [5.41, 5.74) is 0.681. The largest absolute Gasteiger partial charge is 0.354 e. The van der Waals surface area contributed by atoms with Gasteiger partial charge in [0.1, 0.15) is 0 Å². The average molecular weight is 412 g/mol. The summed E-state index contributed by atoms with van der Waals surface area (Å²) in [6.07, 6.45) is 0.193. The summed E-state index contributed by atoms with van der Waals surface area (Å²) < 4.78 is 0. The number of benzene rings is 1. The number of piperazine rings is 1. The van der Waals surface area contributed by atoms with Crippen molar-refractivity contribution >= 4 is 40.4 Å². The van der Waals surface area contributed by atoms with E-state index in [2.05, 4.69) is 39.7 Å². The predicted octanol–water partition coefficient (Wildman–Crippen LogP) is 3.70. The molecular weight excluding hydrogens is 389 g/mol. The van der Waals surface area contributed by atoms with Crippen molar-refractivity contribution in [3.05, 3.63) is 56.2 Å². The molecule has 2 aromatic rings. The molecule has 1 aromatic heterocycles. The number of halogens is 2. The lowest BCUT2D eigenvalue weighted by atomic mass is 10.1. The van der Waals surface area contributed by atoms with E-state index in [0.717, 1.165) is 26.2 Å². The highest BCUT2D eigenvalue weighted by molar-refractivity contribution is 7.10. The number of likely N-dealkylation sites (N-methyl/N-ethyl adjacent to an activating group) is 1. The van der Waals surface area contributed by atoms with Crippen molar-refractivity contribution in [1.29, 1.82) is 0 Å². The maximum Gasteiger partial charge on any atom is 0.224 e. The predicted molar refractivity (Wildman–Crippen MR) is 109 cm³/mol. The Bertz CT molecular complexity index is 710. The van der Waals surface area contributed by atoms with E-state index in [-0.39, 0.29) is 18.4 Å². The number of amides is 1. The van der Waals surface area contributed by atoms with Gasteiger partial charge in [-0.3, -0.25) is 9.69 Å². The summed E-state index contributed by atoms with van der Waals surface area (Å²) >= 11 is 14.1. The van der Waals surface area contributed by atoms with Crippen LogP contribution in [0.1, 0.15) is 16.5 Å². The SMILES string of the molecule is CN1CCN([C@H](CNC(=O)Cc2c(Cl)cccc2Cl)c2cccs2)CC1. The normalized spacial score (nSPS) is 17.2. The minimum Gasteiger partial charge on any atom is -0.354 e. The third-order valence-electron chi connectivity index (χ3n) is 4.74. The Labute approximate surface area is 168 Å². The van der Waals surface area contributed by atoms with Crippen LogP contribution in [0.25, 0.3) is 0 Å². The zero-order valence-corrected chi connectivity index (χ0v) is 17.1. The zero-order valence-electron chi connectivity index (χ0n) is 14.8. The van der Waals surface area contributed by atoms with E-state index >= 15 is 0 Å². The van der Waals surface area contributed by atoms with Gasteiger partial charge in [0, 0.05) is 47.6 Å². The van der Waals surface area contributed by atoms with Gasteiger partial charge in [-0.05, 0) is 36.2 Å². The molecule has 7 heteroatoms. The summed E-state index contributed by atoms with van der Waals surface area (Å²) in [5, 5.41) is 6.22. The number of thiophene rings is 1. The van der Waals surface area contributed by atoms with Crippen molar-refractivity contribution in [3.63, 3.8) is 0 Å². The summed E-state index contributed by atoms with van der Waals surface area (Å²) in [6.45, 7) is 4.69. The molecule has 0 saturated carbocycles.